The van der Waals surface area contributed by atoms with Gasteiger partial charge in [0.25, 0.3) is 0 Å². The highest BCUT2D eigenvalue weighted by atomic mass is 32.2. The van der Waals surface area contributed by atoms with Crippen LogP contribution in [0.3, 0.4) is 0 Å². The highest BCUT2D eigenvalue weighted by Crippen LogP contribution is 2.45. The van der Waals surface area contributed by atoms with E-state index < -0.39 is 11.9 Å². The molecule has 1 aromatic heterocycles. The summed E-state index contributed by atoms with van der Waals surface area (Å²) in [5, 5.41) is 26.5. The lowest BCUT2D eigenvalue weighted by Crippen LogP contribution is -2.25. The average molecular weight is 543 g/mol. The Labute approximate surface area is 226 Å². The van der Waals surface area contributed by atoms with Gasteiger partial charge in [0.15, 0.2) is 0 Å². The van der Waals surface area contributed by atoms with E-state index in [9.17, 15) is 9.90 Å². The molecule has 38 heavy (non-hydrogen) atoms. The monoisotopic (exact) mass is 542 g/mol. The van der Waals surface area contributed by atoms with Crippen LogP contribution in [0.25, 0.3) is 10.9 Å². The van der Waals surface area contributed by atoms with Gasteiger partial charge in [-0.15, -0.1) is 11.8 Å². The smallest absolute Gasteiger partial charge is 0.414 e. The first-order chi connectivity index (χ1) is 18.1. The second-order valence-corrected chi connectivity index (χ2v) is 10.4. The zero-order chi connectivity index (χ0) is 28.0. The van der Waals surface area contributed by atoms with Crippen LogP contribution in [-0.2, 0) is 26.6 Å². The van der Waals surface area contributed by atoms with Crippen LogP contribution in [0.1, 0.15) is 61.3 Å². The summed E-state index contributed by atoms with van der Waals surface area (Å²) in [5.41, 5.74) is 3.42. The number of nitrogens with zero attached hydrogens (tertiary/aromatic N) is 2. The molecule has 1 fully saturated rings. The van der Waals surface area contributed by atoms with Crippen LogP contribution in [0.5, 0.6) is 5.75 Å². The molecule has 3 aromatic rings. The Morgan fingerprint density at radius 3 is 2.24 bits per heavy atom. The summed E-state index contributed by atoms with van der Waals surface area (Å²) in [6, 6.07) is 14.7. The van der Waals surface area contributed by atoms with E-state index >= 15 is 0 Å². The number of carbonyl (C=O) groups is 3. The molecule has 1 aliphatic carbocycles. The molecule has 4 rings (SSSR count). The number of hydrogen-bond acceptors (Lipinski definition) is 7. The number of ether oxygens (including phenoxy) is 1. The number of benzene rings is 2. The first-order valence-electron chi connectivity index (χ1n) is 12.5. The fourth-order valence-electron chi connectivity index (χ4n) is 4.09. The lowest BCUT2D eigenvalue weighted by molar-refractivity contribution is -0.159. The van der Waals surface area contributed by atoms with Gasteiger partial charge < -0.3 is 24.6 Å². The van der Waals surface area contributed by atoms with E-state index in [0.29, 0.717) is 36.6 Å². The van der Waals surface area contributed by atoms with E-state index in [-0.39, 0.29) is 11.7 Å². The highest BCUT2D eigenvalue weighted by molar-refractivity contribution is 7.98. The van der Waals surface area contributed by atoms with Gasteiger partial charge in [-0.05, 0) is 64.9 Å². The minimum atomic E-state index is -1.82. The van der Waals surface area contributed by atoms with Gasteiger partial charge >= 0.3 is 17.9 Å². The van der Waals surface area contributed by atoms with E-state index in [2.05, 4.69) is 35.4 Å². The largest absolute Gasteiger partial charge is 0.508 e. The lowest BCUT2D eigenvalue weighted by Gasteiger charge is -2.22. The molecule has 1 saturated carbocycles. The zero-order valence-corrected chi connectivity index (χ0v) is 22.8. The van der Waals surface area contributed by atoms with Gasteiger partial charge in [-0.25, -0.2) is 14.4 Å². The van der Waals surface area contributed by atoms with E-state index in [0.717, 1.165) is 39.9 Å². The molecule has 1 heterocycles. The Balaban J connectivity index is 0.000000599. The number of aromatic nitrogens is 1. The van der Waals surface area contributed by atoms with Crippen LogP contribution in [-0.4, -0.2) is 62.4 Å². The Bertz CT molecular complexity index is 1290. The summed E-state index contributed by atoms with van der Waals surface area (Å²) < 4.78 is 7.86. The first-order valence-corrected chi connectivity index (χ1v) is 13.4. The first kappa shape index (κ1) is 29.1. The van der Waals surface area contributed by atoms with Gasteiger partial charge in [-0.1, -0.05) is 18.2 Å². The van der Waals surface area contributed by atoms with Crippen molar-refractivity contribution in [1.82, 2.24) is 9.47 Å². The van der Waals surface area contributed by atoms with Gasteiger partial charge in [0, 0.05) is 51.4 Å². The van der Waals surface area contributed by atoms with Crippen LogP contribution in [0, 0.1) is 0 Å². The molecule has 10 heteroatoms. The third-order valence-electron chi connectivity index (χ3n) is 6.34. The standard InChI is InChI=1S/C26H32N2O3S.C2H2O4/c1-5-31-26(30)25-22(16-32-19-9-7-6-8-10-19)28(18-11-12-18)21-13-14-23(29)20(24(21)25)15-27(4)17(2)3;3-1(4)2(5)6/h6-10,13-14,17-18,29H,5,11-12,15-16H2,1-4H3;(H,3,4)(H,5,6). The maximum atomic E-state index is 13.3. The van der Waals surface area contributed by atoms with E-state index in [4.69, 9.17) is 24.5 Å². The zero-order valence-electron chi connectivity index (χ0n) is 22.0. The molecule has 0 bridgehead atoms. The topological polar surface area (TPSA) is 129 Å². The Morgan fingerprint density at radius 1 is 1.08 bits per heavy atom. The van der Waals surface area contributed by atoms with Crippen LogP contribution in [0.2, 0.25) is 0 Å². The number of phenolic OH excluding ortho intramolecular Hbond substituents is 1. The number of rotatable bonds is 9. The molecule has 0 unspecified atom stereocenters. The Morgan fingerprint density at radius 2 is 1.71 bits per heavy atom. The third kappa shape index (κ3) is 6.87. The van der Waals surface area contributed by atoms with E-state index in [1.165, 1.54) is 0 Å². The summed E-state index contributed by atoms with van der Waals surface area (Å²) in [6.07, 6.45) is 2.22. The average Bonchev–Trinajstić information content (AvgIpc) is 3.66. The maximum Gasteiger partial charge on any atom is 0.414 e. The molecule has 0 radical (unpaired) electrons. The molecule has 3 N–H and O–H groups in total. The van der Waals surface area contributed by atoms with Gasteiger partial charge in [0.05, 0.1) is 12.2 Å². The number of carbonyl (C=O) groups excluding carboxylic acids is 1. The van der Waals surface area contributed by atoms with E-state index in [1.807, 2.05) is 38.2 Å². The molecular weight excluding hydrogens is 508 g/mol. The summed E-state index contributed by atoms with van der Waals surface area (Å²) in [4.78, 5) is 34.8. The Hall–Kier alpha value is -3.50. The van der Waals surface area contributed by atoms with Crippen molar-refractivity contribution in [1.29, 1.82) is 0 Å². The second kappa shape index (κ2) is 12.8. The molecule has 0 saturated heterocycles. The molecular formula is C28H34N2O7S. The second-order valence-electron chi connectivity index (χ2n) is 9.32. The van der Waals surface area contributed by atoms with Crippen LogP contribution in [0.4, 0.5) is 0 Å². The van der Waals surface area contributed by atoms with Gasteiger partial charge in [-0.2, -0.15) is 0 Å². The van der Waals surface area contributed by atoms with Crippen molar-refractivity contribution < 1.29 is 34.4 Å². The van der Waals surface area contributed by atoms with Crippen LogP contribution in [0.15, 0.2) is 47.4 Å². The summed E-state index contributed by atoms with van der Waals surface area (Å²) in [5.74, 6) is -3.06. The summed E-state index contributed by atoms with van der Waals surface area (Å²) in [7, 11) is 2.04. The SMILES string of the molecule is CCOC(=O)c1c(CSc2ccccc2)n(C2CC2)c2ccc(O)c(CN(C)C(C)C)c12.O=C(O)C(=O)O. The predicted octanol–water partition coefficient (Wildman–Crippen LogP) is 5.15. The predicted molar refractivity (Wildman–Crippen MR) is 146 cm³/mol. The van der Waals surface area contributed by atoms with Crippen LogP contribution < -0.4 is 0 Å². The minimum Gasteiger partial charge on any atom is -0.508 e. The van der Waals surface area contributed by atoms with E-state index in [1.54, 1.807) is 17.8 Å². The fourth-order valence-corrected chi connectivity index (χ4v) is 5.03. The molecule has 0 aliphatic heterocycles. The normalized spacial score (nSPS) is 12.9. The van der Waals surface area contributed by atoms with Crippen molar-refractivity contribution in [3.63, 3.8) is 0 Å². The highest BCUT2D eigenvalue weighted by Gasteiger charge is 2.34. The number of phenols is 1. The van der Waals surface area contributed by atoms with Crippen molar-refractivity contribution in [2.24, 2.45) is 0 Å². The van der Waals surface area contributed by atoms with Crippen molar-refractivity contribution in [2.45, 2.75) is 62.9 Å². The van der Waals surface area contributed by atoms with Crippen molar-refractivity contribution in [3.8, 4) is 5.75 Å². The van der Waals surface area contributed by atoms with Gasteiger partial charge in [0.1, 0.15) is 5.75 Å². The number of hydrogen-bond donors (Lipinski definition) is 3. The number of esters is 1. The fraction of sp³-hybridized carbons (Fsp3) is 0.393. The number of thioether (sulfide) groups is 1. The third-order valence-corrected chi connectivity index (χ3v) is 7.36. The maximum absolute atomic E-state index is 13.3. The molecule has 204 valence electrons. The molecule has 0 spiro atoms. The van der Waals surface area contributed by atoms with Crippen molar-refractivity contribution in [2.75, 3.05) is 13.7 Å². The molecule has 2 aromatic carbocycles. The number of carboxylic acid groups (broad SMARTS) is 2. The van der Waals surface area contributed by atoms with Gasteiger partial charge in [0.2, 0.25) is 0 Å². The summed E-state index contributed by atoms with van der Waals surface area (Å²) in [6.45, 7) is 6.97. The molecule has 9 nitrogen and oxygen atoms in total. The lowest BCUT2D eigenvalue weighted by atomic mass is 10.0. The minimum absolute atomic E-state index is 0.228. The van der Waals surface area contributed by atoms with Gasteiger partial charge in [-0.3, -0.25) is 4.90 Å². The number of aromatic hydroxyl groups is 1. The number of aliphatic carboxylic acids is 2. The van der Waals surface area contributed by atoms with Crippen molar-refractivity contribution in [3.05, 3.63) is 59.3 Å². The number of carboxylic acids is 2. The Kier molecular flexibility index (Phi) is 9.82. The quantitative estimate of drug-likeness (QED) is 0.191. The van der Waals surface area contributed by atoms with Crippen LogP contribution >= 0.6 is 11.8 Å². The van der Waals surface area contributed by atoms with Crippen molar-refractivity contribution >= 4 is 40.6 Å². The molecule has 0 amide bonds. The summed E-state index contributed by atoms with van der Waals surface area (Å²) >= 11 is 1.73. The number of fused-ring (bicyclic) bond motifs is 1. The molecule has 0 atom stereocenters. The molecule has 1 aliphatic rings.